The topological polar surface area (TPSA) is 81.2 Å². The molecule has 0 radical (unpaired) electrons. The van der Waals surface area contributed by atoms with E-state index in [0.29, 0.717) is 17.8 Å². The molecule has 2 aromatic heterocycles. The van der Waals surface area contributed by atoms with Crippen LogP contribution in [-0.4, -0.2) is 33.4 Å². The smallest absolute Gasteiger partial charge is 0.263 e. The van der Waals surface area contributed by atoms with Gasteiger partial charge in [0, 0.05) is 4.88 Å². The Morgan fingerprint density at radius 3 is 2.64 bits per heavy atom. The Balaban J connectivity index is 2.15. The molecule has 0 saturated carbocycles. The molecule has 118 valence electrons. The monoisotopic (exact) mass is 320 g/mol. The molecule has 1 aliphatic heterocycles. The molecule has 1 fully saturated rings. The lowest BCUT2D eigenvalue weighted by Gasteiger charge is -2.17. The number of carbonyl (C=O) groups excluding carboxylic acids is 1. The van der Waals surface area contributed by atoms with E-state index in [1.165, 1.54) is 28.7 Å². The van der Waals surface area contributed by atoms with Crippen LogP contribution in [-0.2, 0) is 17.9 Å². The van der Waals surface area contributed by atoms with Gasteiger partial charge in [0.15, 0.2) is 0 Å². The maximum Gasteiger partial charge on any atom is 0.263 e. The number of likely N-dealkylation sites (tertiary alicyclic amines) is 1. The second-order valence-corrected chi connectivity index (χ2v) is 7.04. The van der Waals surface area contributed by atoms with E-state index in [1.54, 1.807) is 0 Å². The van der Waals surface area contributed by atoms with Gasteiger partial charge >= 0.3 is 0 Å². The molecule has 0 spiro atoms. The standard InChI is InChI=1S/C15H20N4O2S/c1-9-10(2)22-14-13(9)15(21)19(7-11(16)20)12(17-14)8-18-5-3-4-6-18/h3-8H2,1-2H3,(H2,16,20). The summed E-state index contributed by atoms with van der Waals surface area (Å²) in [6, 6.07) is 0. The lowest BCUT2D eigenvalue weighted by molar-refractivity contribution is -0.118. The largest absolute Gasteiger partial charge is 0.368 e. The van der Waals surface area contributed by atoms with E-state index in [4.69, 9.17) is 5.73 Å². The second-order valence-electron chi connectivity index (χ2n) is 5.83. The zero-order valence-corrected chi connectivity index (χ0v) is 13.7. The highest BCUT2D eigenvalue weighted by Crippen LogP contribution is 2.26. The lowest BCUT2D eigenvalue weighted by Crippen LogP contribution is -2.34. The number of aromatic nitrogens is 2. The van der Waals surface area contributed by atoms with Gasteiger partial charge in [-0.2, -0.15) is 0 Å². The minimum atomic E-state index is -0.518. The Hall–Kier alpha value is -1.73. The van der Waals surface area contributed by atoms with Crippen molar-refractivity contribution in [3.63, 3.8) is 0 Å². The number of nitrogens with two attached hydrogens (primary N) is 1. The first-order chi connectivity index (χ1) is 10.5. The molecule has 0 unspecified atom stereocenters. The minimum absolute atomic E-state index is 0.112. The van der Waals surface area contributed by atoms with Crippen molar-refractivity contribution in [1.82, 2.24) is 14.5 Å². The summed E-state index contributed by atoms with van der Waals surface area (Å²) in [6.45, 7) is 6.40. The fraction of sp³-hybridized carbons (Fsp3) is 0.533. The summed E-state index contributed by atoms with van der Waals surface area (Å²) >= 11 is 1.53. The van der Waals surface area contributed by atoms with Crippen LogP contribution in [0.1, 0.15) is 29.1 Å². The number of amides is 1. The predicted octanol–water partition coefficient (Wildman–Crippen LogP) is 1.16. The Morgan fingerprint density at radius 2 is 2.00 bits per heavy atom. The number of hydrogen-bond acceptors (Lipinski definition) is 5. The highest BCUT2D eigenvalue weighted by atomic mass is 32.1. The quantitative estimate of drug-likeness (QED) is 0.916. The number of hydrogen-bond donors (Lipinski definition) is 1. The summed E-state index contributed by atoms with van der Waals surface area (Å²) in [4.78, 5) is 32.9. The Kier molecular flexibility index (Phi) is 4.01. The van der Waals surface area contributed by atoms with Crippen LogP contribution in [0.5, 0.6) is 0 Å². The predicted molar refractivity (Wildman–Crippen MR) is 87.1 cm³/mol. The lowest BCUT2D eigenvalue weighted by atomic mass is 10.2. The molecular formula is C15H20N4O2S. The molecule has 2 N–H and O–H groups in total. The molecule has 3 heterocycles. The SMILES string of the molecule is Cc1sc2nc(CN3CCCC3)n(CC(N)=O)c(=O)c2c1C. The molecule has 1 amide bonds. The van der Waals surface area contributed by atoms with E-state index in [-0.39, 0.29) is 12.1 Å². The third-order valence-corrected chi connectivity index (χ3v) is 5.35. The first-order valence-corrected chi connectivity index (χ1v) is 8.29. The molecular weight excluding hydrogens is 300 g/mol. The van der Waals surface area contributed by atoms with E-state index in [9.17, 15) is 9.59 Å². The summed E-state index contributed by atoms with van der Waals surface area (Å²) in [7, 11) is 0. The van der Waals surface area contributed by atoms with E-state index in [1.807, 2.05) is 13.8 Å². The third-order valence-electron chi connectivity index (χ3n) is 4.25. The van der Waals surface area contributed by atoms with Gasteiger partial charge in [0.1, 0.15) is 17.2 Å². The first-order valence-electron chi connectivity index (χ1n) is 7.47. The van der Waals surface area contributed by atoms with Gasteiger partial charge in [0.05, 0.1) is 11.9 Å². The van der Waals surface area contributed by atoms with Crippen molar-refractivity contribution in [2.45, 2.75) is 39.8 Å². The zero-order valence-electron chi connectivity index (χ0n) is 12.9. The molecule has 3 rings (SSSR count). The van der Waals surface area contributed by atoms with Crippen molar-refractivity contribution in [1.29, 1.82) is 0 Å². The highest BCUT2D eigenvalue weighted by Gasteiger charge is 2.20. The van der Waals surface area contributed by atoms with Crippen LogP contribution in [0, 0.1) is 13.8 Å². The Bertz CT molecular complexity index is 787. The maximum atomic E-state index is 12.8. The Morgan fingerprint density at radius 1 is 1.32 bits per heavy atom. The van der Waals surface area contributed by atoms with Crippen LogP contribution >= 0.6 is 11.3 Å². The van der Waals surface area contributed by atoms with Gasteiger partial charge < -0.3 is 5.73 Å². The van der Waals surface area contributed by atoms with Gasteiger partial charge in [-0.1, -0.05) is 0 Å². The van der Waals surface area contributed by atoms with Crippen LogP contribution in [0.3, 0.4) is 0 Å². The van der Waals surface area contributed by atoms with E-state index in [0.717, 1.165) is 28.4 Å². The molecule has 7 heteroatoms. The number of fused-ring (bicyclic) bond motifs is 1. The molecule has 1 saturated heterocycles. The zero-order chi connectivity index (χ0) is 15.9. The van der Waals surface area contributed by atoms with Gasteiger partial charge in [0.2, 0.25) is 5.91 Å². The molecule has 0 atom stereocenters. The fourth-order valence-electron chi connectivity index (χ4n) is 2.95. The number of thiophene rings is 1. The molecule has 6 nitrogen and oxygen atoms in total. The fourth-order valence-corrected chi connectivity index (χ4v) is 3.99. The normalized spacial score (nSPS) is 15.7. The molecule has 0 bridgehead atoms. The van der Waals surface area contributed by atoms with Crippen LogP contribution in [0.2, 0.25) is 0 Å². The number of aryl methyl sites for hydroxylation is 2. The molecule has 22 heavy (non-hydrogen) atoms. The third kappa shape index (κ3) is 2.66. The average Bonchev–Trinajstić information content (AvgIpc) is 3.04. The minimum Gasteiger partial charge on any atom is -0.368 e. The molecule has 0 aromatic carbocycles. The van der Waals surface area contributed by atoms with Crippen molar-refractivity contribution >= 4 is 27.5 Å². The summed E-state index contributed by atoms with van der Waals surface area (Å²) in [5.74, 6) is 0.120. The van der Waals surface area contributed by atoms with Gasteiger partial charge in [-0.15, -0.1) is 11.3 Å². The van der Waals surface area contributed by atoms with Gasteiger partial charge in [-0.3, -0.25) is 19.1 Å². The highest BCUT2D eigenvalue weighted by molar-refractivity contribution is 7.18. The van der Waals surface area contributed by atoms with E-state index >= 15 is 0 Å². The summed E-state index contributed by atoms with van der Waals surface area (Å²) in [6.07, 6.45) is 2.33. The van der Waals surface area contributed by atoms with Crippen molar-refractivity contribution in [3.05, 3.63) is 26.6 Å². The summed E-state index contributed by atoms with van der Waals surface area (Å²) in [5.41, 5.74) is 6.12. The van der Waals surface area contributed by atoms with Gasteiger partial charge in [0.25, 0.3) is 5.56 Å². The van der Waals surface area contributed by atoms with Crippen LogP contribution in [0.25, 0.3) is 10.2 Å². The van der Waals surface area contributed by atoms with Crippen LogP contribution in [0.4, 0.5) is 0 Å². The van der Waals surface area contributed by atoms with Crippen molar-refractivity contribution in [2.75, 3.05) is 13.1 Å². The van der Waals surface area contributed by atoms with Crippen molar-refractivity contribution < 1.29 is 4.79 Å². The Labute approximate surface area is 132 Å². The molecule has 1 aliphatic rings. The van der Waals surface area contributed by atoms with Crippen LogP contribution in [0.15, 0.2) is 4.79 Å². The van der Waals surface area contributed by atoms with Crippen molar-refractivity contribution in [2.24, 2.45) is 5.73 Å². The number of carbonyl (C=O) groups is 1. The summed E-state index contributed by atoms with van der Waals surface area (Å²) < 4.78 is 1.45. The summed E-state index contributed by atoms with van der Waals surface area (Å²) in [5, 5.41) is 0.619. The maximum absolute atomic E-state index is 12.8. The van der Waals surface area contributed by atoms with Crippen molar-refractivity contribution in [3.8, 4) is 0 Å². The second kappa shape index (κ2) is 5.81. The number of primary amides is 1. The van der Waals surface area contributed by atoms with Gasteiger partial charge in [-0.25, -0.2) is 4.98 Å². The molecule has 2 aromatic rings. The number of nitrogens with zero attached hydrogens (tertiary/aromatic N) is 3. The molecule has 0 aliphatic carbocycles. The first kappa shape index (κ1) is 15.2. The van der Waals surface area contributed by atoms with Crippen LogP contribution < -0.4 is 11.3 Å². The van der Waals surface area contributed by atoms with Gasteiger partial charge in [-0.05, 0) is 45.3 Å². The number of rotatable bonds is 4. The average molecular weight is 320 g/mol. The van der Waals surface area contributed by atoms with E-state index < -0.39 is 5.91 Å². The van der Waals surface area contributed by atoms with E-state index in [2.05, 4.69) is 9.88 Å².